The van der Waals surface area contributed by atoms with Crippen LogP contribution >= 0.6 is 0 Å². The van der Waals surface area contributed by atoms with E-state index in [1.807, 2.05) is 18.7 Å². The van der Waals surface area contributed by atoms with Crippen LogP contribution in [0.4, 0.5) is 48.2 Å². The molecule has 3 rings (SSSR count). The second kappa shape index (κ2) is 11.4. The Morgan fingerprint density at radius 3 is 2.13 bits per heavy atom. The second-order valence-corrected chi connectivity index (χ2v) is 9.47. The summed E-state index contributed by atoms with van der Waals surface area (Å²) in [5.41, 5.74) is 0.283. The van der Waals surface area contributed by atoms with Gasteiger partial charge in [-0.1, -0.05) is 19.9 Å². The van der Waals surface area contributed by atoms with Gasteiger partial charge in [-0.25, -0.2) is 4.79 Å². The molecule has 3 atom stereocenters. The molecule has 1 aliphatic rings. The van der Waals surface area contributed by atoms with E-state index in [1.165, 1.54) is 24.3 Å². The molecular weight excluding hydrogens is 520 g/mol. The van der Waals surface area contributed by atoms with Crippen molar-refractivity contribution in [2.24, 2.45) is 11.8 Å². The van der Waals surface area contributed by atoms with Crippen LogP contribution in [0, 0.1) is 11.8 Å². The van der Waals surface area contributed by atoms with Gasteiger partial charge in [0.25, 0.3) is 0 Å². The summed E-state index contributed by atoms with van der Waals surface area (Å²) < 4.78 is 81.9. The van der Waals surface area contributed by atoms with Crippen LogP contribution in [0.2, 0.25) is 0 Å². The molecule has 0 bridgehead atoms. The highest BCUT2D eigenvalue weighted by Gasteiger charge is 2.42. The summed E-state index contributed by atoms with van der Waals surface area (Å²) >= 11 is 0. The smallest absolute Gasteiger partial charge is 0.481 e. The molecule has 0 spiro atoms. The lowest BCUT2D eigenvalue weighted by Crippen LogP contribution is -2.39. The Balaban J connectivity index is 1.89. The molecule has 0 saturated carbocycles. The molecule has 3 unspecified atom stereocenters. The maximum absolute atomic E-state index is 13.7. The molecule has 1 heterocycles. The second-order valence-electron chi connectivity index (χ2n) is 9.47. The number of ether oxygens (including phenoxy) is 1. The first-order chi connectivity index (χ1) is 17.6. The topological polar surface area (TPSA) is 90.9 Å². The number of hydrogen-bond acceptors (Lipinski definition) is 4. The molecule has 1 fully saturated rings. The van der Waals surface area contributed by atoms with Crippen LogP contribution in [0.15, 0.2) is 42.5 Å². The number of alkyl halides is 6. The number of amides is 2. The predicted molar refractivity (Wildman–Crippen MR) is 128 cm³/mol. The number of hydrogen-bond donors (Lipinski definition) is 3. The molecule has 7 nitrogen and oxygen atoms in total. The van der Waals surface area contributed by atoms with Crippen molar-refractivity contribution in [1.82, 2.24) is 0 Å². The quantitative estimate of drug-likeness (QED) is 0.331. The standard InChI is InChI=1S/C25H27F6N3O4/c1-14-9-15(2)13-34(12-14)21-8-3-16(19(11-22(35)36)24(26,27)28)10-20(21)33-23(37)32-17-4-6-18(7-5-17)38-25(29,30)31/h3-8,10,14-15,19H,9,11-13H2,1-2H3,(H,35,36)(H2,32,33,37). The Kier molecular flexibility index (Phi) is 8.68. The van der Waals surface area contributed by atoms with E-state index in [0.29, 0.717) is 18.8 Å². The number of piperidine rings is 1. The molecule has 2 aromatic rings. The zero-order valence-electron chi connectivity index (χ0n) is 20.5. The van der Waals surface area contributed by atoms with Crippen molar-refractivity contribution >= 4 is 29.1 Å². The third-order valence-electron chi connectivity index (χ3n) is 6.00. The molecule has 0 aromatic heterocycles. The van der Waals surface area contributed by atoms with E-state index in [0.717, 1.165) is 24.6 Å². The zero-order valence-corrected chi connectivity index (χ0v) is 20.5. The number of carboxylic acids is 1. The minimum atomic E-state index is -4.88. The largest absolute Gasteiger partial charge is 0.573 e. The third-order valence-corrected chi connectivity index (χ3v) is 6.00. The van der Waals surface area contributed by atoms with Crippen LogP contribution in [0.1, 0.15) is 38.2 Å². The van der Waals surface area contributed by atoms with Gasteiger partial charge in [-0.15, -0.1) is 13.2 Å². The highest BCUT2D eigenvalue weighted by atomic mass is 19.4. The van der Waals surface area contributed by atoms with Gasteiger partial charge in [0.15, 0.2) is 0 Å². The number of nitrogens with zero attached hydrogens (tertiary/aromatic N) is 1. The summed E-state index contributed by atoms with van der Waals surface area (Å²) in [6.45, 7) is 5.27. The highest BCUT2D eigenvalue weighted by Crippen LogP contribution is 2.41. The number of halogens is 6. The average Bonchev–Trinajstić information content (AvgIpc) is 2.76. The molecule has 3 N–H and O–H groups in total. The first-order valence-corrected chi connectivity index (χ1v) is 11.7. The van der Waals surface area contributed by atoms with Crippen molar-refractivity contribution < 1.29 is 45.8 Å². The predicted octanol–water partition coefficient (Wildman–Crippen LogP) is 6.83. The fourth-order valence-corrected chi connectivity index (χ4v) is 4.63. The van der Waals surface area contributed by atoms with Gasteiger partial charge in [-0.3, -0.25) is 4.79 Å². The first-order valence-electron chi connectivity index (χ1n) is 11.7. The van der Waals surface area contributed by atoms with Crippen molar-refractivity contribution in [3.8, 4) is 5.75 Å². The summed E-state index contributed by atoms with van der Waals surface area (Å²) in [5.74, 6) is -3.85. The van der Waals surface area contributed by atoms with Crippen LogP contribution < -0.4 is 20.3 Å². The van der Waals surface area contributed by atoms with Crippen molar-refractivity contribution in [1.29, 1.82) is 0 Å². The van der Waals surface area contributed by atoms with Gasteiger partial charge in [0.05, 0.1) is 23.7 Å². The van der Waals surface area contributed by atoms with E-state index in [2.05, 4.69) is 15.4 Å². The molecule has 0 aliphatic carbocycles. The van der Waals surface area contributed by atoms with E-state index in [4.69, 9.17) is 5.11 Å². The van der Waals surface area contributed by atoms with Crippen LogP contribution in [0.3, 0.4) is 0 Å². The van der Waals surface area contributed by atoms with Crippen LogP contribution in [-0.4, -0.2) is 42.7 Å². The van der Waals surface area contributed by atoms with Gasteiger partial charge in [0.1, 0.15) is 5.75 Å². The molecule has 1 saturated heterocycles. The normalized spacial score (nSPS) is 19.0. The Labute approximate surface area is 214 Å². The number of rotatable bonds is 7. The minimum absolute atomic E-state index is 0.0398. The molecule has 208 valence electrons. The summed E-state index contributed by atoms with van der Waals surface area (Å²) in [4.78, 5) is 25.8. The van der Waals surface area contributed by atoms with Gasteiger partial charge in [0, 0.05) is 18.8 Å². The molecule has 13 heteroatoms. The molecule has 1 aliphatic heterocycles. The number of urea groups is 1. The van der Waals surface area contributed by atoms with Crippen LogP contribution in [-0.2, 0) is 4.79 Å². The molecular formula is C25H27F6N3O4. The van der Waals surface area contributed by atoms with Crippen molar-refractivity contribution in [2.75, 3.05) is 28.6 Å². The van der Waals surface area contributed by atoms with Crippen LogP contribution in [0.25, 0.3) is 0 Å². The number of anilines is 3. The summed E-state index contributed by atoms with van der Waals surface area (Å²) in [7, 11) is 0. The zero-order chi connectivity index (χ0) is 28.3. The van der Waals surface area contributed by atoms with Crippen molar-refractivity contribution in [3.05, 3.63) is 48.0 Å². The van der Waals surface area contributed by atoms with E-state index >= 15 is 0 Å². The van der Waals surface area contributed by atoms with E-state index in [1.54, 1.807) is 0 Å². The van der Waals surface area contributed by atoms with Gasteiger partial charge in [-0.2, -0.15) is 13.2 Å². The van der Waals surface area contributed by atoms with Crippen LogP contribution in [0.5, 0.6) is 5.75 Å². The van der Waals surface area contributed by atoms with Gasteiger partial charge in [0.2, 0.25) is 0 Å². The van der Waals surface area contributed by atoms with E-state index in [9.17, 15) is 35.9 Å². The van der Waals surface area contributed by atoms with Crippen molar-refractivity contribution in [3.63, 3.8) is 0 Å². The Bertz CT molecular complexity index is 1130. The van der Waals surface area contributed by atoms with Crippen molar-refractivity contribution in [2.45, 2.75) is 45.1 Å². The number of carbonyl (C=O) groups excluding carboxylic acids is 1. The average molecular weight is 547 g/mol. The molecule has 2 aromatic carbocycles. The van der Waals surface area contributed by atoms with E-state index < -0.39 is 42.6 Å². The SMILES string of the molecule is CC1CC(C)CN(c2ccc(C(CC(=O)O)C(F)(F)F)cc2NC(=O)Nc2ccc(OC(F)(F)F)cc2)C1. The fraction of sp³-hybridized carbons (Fsp3) is 0.440. The lowest BCUT2D eigenvalue weighted by atomic mass is 9.90. The lowest BCUT2D eigenvalue weighted by molar-refractivity contribution is -0.274. The minimum Gasteiger partial charge on any atom is -0.481 e. The lowest BCUT2D eigenvalue weighted by Gasteiger charge is -2.37. The molecule has 0 radical (unpaired) electrons. The van der Waals surface area contributed by atoms with E-state index in [-0.39, 0.29) is 28.8 Å². The summed E-state index contributed by atoms with van der Waals surface area (Å²) in [6, 6.07) is 7.21. The number of nitrogens with one attached hydrogen (secondary N) is 2. The number of aliphatic carboxylic acids is 1. The van der Waals surface area contributed by atoms with Gasteiger partial charge >= 0.3 is 24.5 Å². The monoisotopic (exact) mass is 547 g/mol. The number of benzene rings is 2. The maximum atomic E-state index is 13.7. The Morgan fingerprint density at radius 1 is 1.00 bits per heavy atom. The van der Waals surface area contributed by atoms with Gasteiger partial charge in [-0.05, 0) is 60.2 Å². The number of carboxylic acid groups (broad SMARTS) is 1. The Hall–Kier alpha value is -3.64. The third kappa shape index (κ3) is 8.18. The fourth-order valence-electron chi connectivity index (χ4n) is 4.63. The first kappa shape index (κ1) is 28.9. The maximum Gasteiger partial charge on any atom is 0.573 e. The molecule has 2 amide bonds. The molecule has 38 heavy (non-hydrogen) atoms. The van der Waals surface area contributed by atoms with Gasteiger partial charge < -0.3 is 25.4 Å². The Morgan fingerprint density at radius 2 is 1.61 bits per heavy atom. The number of carbonyl (C=O) groups is 2. The summed E-state index contributed by atoms with van der Waals surface area (Å²) in [5, 5.41) is 14.0. The highest BCUT2D eigenvalue weighted by molar-refractivity contribution is 6.02. The summed E-state index contributed by atoms with van der Waals surface area (Å²) in [6.07, 6.45) is -9.95.